The number of hydrogen-bond donors (Lipinski definition) is 0. The molecule has 0 fully saturated rings. The molecule has 0 aliphatic carbocycles. The van der Waals surface area contributed by atoms with Crippen LogP contribution in [0.2, 0.25) is 0 Å². The van der Waals surface area contributed by atoms with E-state index in [9.17, 15) is 9.59 Å². The molecular formula is C10H18O4. The van der Waals surface area contributed by atoms with Gasteiger partial charge in [-0.3, -0.25) is 4.79 Å². The van der Waals surface area contributed by atoms with Gasteiger partial charge in [0.1, 0.15) is 0 Å². The van der Waals surface area contributed by atoms with E-state index in [0.29, 0.717) is 13.0 Å². The molecule has 4 heteroatoms. The topological polar surface area (TPSA) is 52.6 Å². The van der Waals surface area contributed by atoms with Crippen molar-refractivity contribution in [2.45, 2.75) is 39.7 Å². The van der Waals surface area contributed by atoms with Gasteiger partial charge in [0, 0.05) is 6.61 Å². The maximum Gasteiger partial charge on any atom is 0.346 e. The lowest BCUT2D eigenvalue weighted by Crippen LogP contribution is -2.48. The summed E-state index contributed by atoms with van der Waals surface area (Å²) in [5.74, 6) is -0.892. The molecule has 4 nitrogen and oxygen atoms in total. The minimum atomic E-state index is -1.40. The predicted molar refractivity (Wildman–Crippen MR) is 52.0 cm³/mol. The molecule has 1 atom stereocenters. The number of ether oxygens (including phenoxy) is 2. The van der Waals surface area contributed by atoms with E-state index in [2.05, 4.69) is 0 Å². The molecule has 0 rings (SSSR count). The fraction of sp³-hybridized carbons (Fsp3) is 0.800. The molecule has 0 saturated heterocycles. The fourth-order valence-corrected chi connectivity index (χ4v) is 1.29. The second-order valence-electron chi connectivity index (χ2n) is 2.89. The fourth-order valence-electron chi connectivity index (χ4n) is 1.29. The average molecular weight is 202 g/mol. The number of esters is 1. The molecular weight excluding hydrogens is 184 g/mol. The van der Waals surface area contributed by atoms with Gasteiger partial charge in [0.15, 0.2) is 5.78 Å². The molecule has 0 aromatic rings. The first-order chi connectivity index (χ1) is 6.55. The van der Waals surface area contributed by atoms with E-state index in [1.54, 1.807) is 20.8 Å². The maximum atomic E-state index is 11.6. The summed E-state index contributed by atoms with van der Waals surface area (Å²) in [5, 5.41) is 0. The lowest BCUT2D eigenvalue weighted by Gasteiger charge is -2.26. The van der Waals surface area contributed by atoms with Crippen molar-refractivity contribution < 1.29 is 19.1 Å². The standard InChI is InChI=1S/C10H18O4/c1-5-10(8(4)11,14-7-3)9(12)13-6-2/h5-7H2,1-4H3. The first-order valence-corrected chi connectivity index (χ1v) is 4.87. The van der Waals surface area contributed by atoms with Gasteiger partial charge in [0.2, 0.25) is 5.60 Å². The highest BCUT2D eigenvalue weighted by Gasteiger charge is 2.44. The number of carbonyl (C=O) groups excluding carboxylic acids is 2. The molecule has 0 aliphatic heterocycles. The second-order valence-corrected chi connectivity index (χ2v) is 2.89. The molecule has 0 N–H and O–H groups in total. The van der Waals surface area contributed by atoms with Gasteiger partial charge in [-0.15, -0.1) is 0 Å². The molecule has 0 radical (unpaired) electrons. The van der Waals surface area contributed by atoms with E-state index in [0.717, 1.165) is 0 Å². The molecule has 0 aromatic carbocycles. The van der Waals surface area contributed by atoms with Crippen molar-refractivity contribution in [1.29, 1.82) is 0 Å². The van der Waals surface area contributed by atoms with Crippen molar-refractivity contribution in [2.24, 2.45) is 0 Å². The van der Waals surface area contributed by atoms with Crippen molar-refractivity contribution in [2.75, 3.05) is 13.2 Å². The first kappa shape index (κ1) is 13.1. The number of Topliss-reactive ketones (excluding diaryl/α,β-unsaturated/α-hetero) is 1. The largest absolute Gasteiger partial charge is 0.464 e. The number of rotatable bonds is 6. The Kier molecular flexibility index (Phi) is 5.38. The van der Waals surface area contributed by atoms with Gasteiger partial charge in [-0.05, 0) is 27.2 Å². The third kappa shape index (κ3) is 2.54. The summed E-state index contributed by atoms with van der Waals surface area (Å²) in [5.41, 5.74) is -1.40. The van der Waals surface area contributed by atoms with E-state index in [1.165, 1.54) is 6.92 Å². The molecule has 0 bridgehead atoms. The highest BCUT2D eigenvalue weighted by atomic mass is 16.6. The molecule has 0 saturated carbocycles. The van der Waals surface area contributed by atoms with Crippen LogP contribution in [-0.4, -0.2) is 30.6 Å². The third-order valence-electron chi connectivity index (χ3n) is 2.06. The van der Waals surface area contributed by atoms with Crippen molar-refractivity contribution in [3.63, 3.8) is 0 Å². The molecule has 0 aliphatic rings. The molecule has 14 heavy (non-hydrogen) atoms. The van der Waals surface area contributed by atoms with Crippen LogP contribution in [0.3, 0.4) is 0 Å². The van der Waals surface area contributed by atoms with Crippen molar-refractivity contribution >= 4 is 11.8 Å². The van der Waals surface area contributed by atoms with Crippen LogP contribution in [0.1, 0.15) is 34.1 Å². The van der Waals surface area contributed by atoms with Gasteiger partial charge >= 0.3 is 5.97 Å². The van der Waals surface area contributed by atoms with Gasteiger partial charge < -0.3 is 9.47 Å². The van der Waals surface area contributed by atoms with Crippen LogP contribution in [0.5, 0.6) is 0 Å². The molecule has 0 heterocycles. The van der Waals surface area contributed by atoms with Gasteiger partial charge in [-0.2, -0.15) is 0 Å². The summed E-state index contributed by atoms with van der Waals surface area (Å²) in [6.07, 6.45) is 0.301. The molecule has 0 aromatic heterocycles. The average Bonchev–Trinajstić information content (AvgIpc) is 2.14. The lowest BCUT2D eigenvalue weighted by molar-refractivity contribution is -0.176. The maximum absolute atomic E-state index is 11.6. The monoisotopic (exact) mass is 202 g/mol. The summed E-state index contributed by atoms with van der Waals surface area (Å²) in [6, 6.07) is 0. The minimum Gasteiger partial charge on any atom is -0.464 e. The predicted octanol–water partition coefficient (Wildman–Crippen LogP) is 1.32. The van der Waals surface area contributed by atoms with Crippen LogP contribution in [0, 0.1) is 0 Å². The van der Waals surface area contributed by atoms with Gasteiger partial charge in [0.05, 0.1) is 6.61 Å². The van der Waals surface area contributed by atoms with Crippen LogP contribution in [0.15, 0.2) is 0 Å². The van der Waals surface area contributed by atoms with Crippen LogP contribution in [-0.2, 0) is 19.1 Å². The van der Waals surface area contributed by atoms with Gasteiger partial charge in [-0.25, -0.2) is 4.79 Å². The summed E-state index contributed by atoms with van der Waals surface area (Å²) < 4.78 is 10.1. The number of hydrogen-bond acceptors (Lipinski definition) is 4. The molecule has 0 amide bonds. The Morgan fingerprint density at radius 2 is 1.71 bits per heavy atom. The first-order valence-electron chi connectivity index (χ1n) is 4.87. The summed E-state index contributed by atoms with van der Waals surface area (Å²) >= 11 is 0. The van der Waals surface area contributed by atoms with Crippen LogP contribution < -0.4 is 0 Å². The van der Waals surface area contributed by atoms with E-state index < -0.39 is 11.6 Å². The normalized spacial score (nSPS) is 14.6. The van der Waals surface area contributed by atoms with Crippen LogP contribution in [0.25, 0.3) is 0 Å². The quantitative estimate of drug-likeness (QED) is 0.481. The van der Waals surface area contributed by atoms with Crippen molar-refractivity contribution in [1.82, 2.24) is 0 Å². The van der Waals surface area contributed by atoms with Crippen LogP contribution >= 0.6 is 0 Å². The van der Waals surface area contributed by atoms with Crippen LogP contribution in [0.4, 0.5) is 0 Å². The third-order valence-corrected chi connectivity index (χ3v) is 2.06. The SMILES string of the molecule is CCOC(=O)C(CC)(OCC)C(C)=O. The Labute approximate surface area is 84.6 Å². The Morgan fingerprint density at radius 3 is 2.00 bits per heavy atom. The highest BCUT2D eigenvalue weighted by Crippen LogP contribution is 2.19. The van der Waals surface area contributed by atoms with Gasteiger partial charge in [-0.1, -0.05) is 6.92 Å². The minimum absolute atomic E-state index is 0.251. The van der Waals surface area contributed by atoms with E-state index in [1.807, 2.05) is 0 Å². The van der Waals surface area contributed by atoms with Crippen molar-refractivity contribution in [3.8, 4) is 0 Å². The van der Waals surface area contributed by atoms with E-state index in [4.69, 9.17) is 9.47 Å². The summed E-state index contributed by atoms with van der Waals surface area (Å²) in [7, 11) is 0. The van der Waals surface area contributed by atoms with Gasteiger partial charge in [0.25, 0.3) is 0 Å². The zero-order valence-electron chi connectivity index (χ0n) is 9.25. The highest BCUT2D eigenvalue weighted by molar-refractivity contribution is 6.06. The molecule has 82 valence electrons. The Hall–Kier alpha value is -0.900. The Balaban J connectivity index is 4.82. The second kappa shape index (κ2) is 5.75. The zero-order chi connectivity index (χ0) is 11.2. The Morgan fingerprint density at radius 1 is 1.14 bits per heavy atom. The van der Waals surface area contributed by atoms with Crippen molar-refractivity contribution in [3.05, 3.63) is 0 Å². The lowest BCUT2D eigenvalue weighted by atomic mass is 9.96. The van der Waals surface area contributed by atoms with E-state index >= 15 is 0 Å². The molecule has 1 unspecified atom stereocenters. The summed E-state index contributed by atoms with van der Waals surface area (Å²) in [6.45, 7) is 7.08. The number of ketones is 1. The summed E-state index contributed by atoms with van der Waals surface area (Å²) in [4.78, 5) is 22.9. The smallest absolute Gasteiger partial charge is 0.346 e. The van der Waals surface area contributed by atoms with E-state index in [-0.39, 0.29) is 12.4 Å². The molecule has 0 spiro atoms. The zero-order valence-corrected chi connectivity index (χ0v) is 9.25. The Bertz CT molecular complexity index is 212. The number of carbonyl (C=O) groups is 2.